The zero-order valence-electron chi connectivity index (χ0n) is 12.0. The number of nitrogens with one attached hydrogen (secondary N) is 1. The normalized spacial score (nSPS) is 10.5. The molecular weight excluding hydrogens is 286 g/mol. The first kappa shape index (κ1) is 13.9. The quantitative estimate of drug-likeness (QED) is 0.793. The Labute approximate surface area is 125 Å². The lowest BCUT2D eigenvalue weighted by molar-refractivity contribution is 0.355. The van der Waals surface area contributed by atoms with Crippen LogP contribution in [0, 0.1) is 0 Å². The lowest BCUT2D eigenvalue weighted by atomic mass is 10.2. The number of aromatic nitrogens is 3. The van der Waals surface area contributed by atoms with E-state index in [2.05, 4.69) is 15.1 Å². The molecule has 0 saturated heterocycles. The summed E-state index contributed by atoms with van der Waals surface area (Å²) in [4.78, 5) is 17.9. The van der Waals surface area contributed by atoms with Crippen LogP contribution in [0.5, 0.6) is 11.5 Å². The summed E-state index contributed by atoms with van der Waals surface area (Å²) in [6.45, 7) is 0. The predicted octanol–water partition coefficient (Wildman–Crippen LogP) is 2.11. The van der Waals surface area contributed by atoms with Gasteiger partial charge < -0.3 is 19.0 Å². The third kappa shape index (κ3) is 2.56. The number of hydrogen-bond acceptors (Lipinski definition) is 6. The number of H-pyrrole nitrogens is 1. The molecule has 7 nitrogen and oxygen atoms in total. The molecule has 0 aliphatic rings. The predicted molar refractivity (Wildman–Crippen MR) is 78.9 cm³/mol. The molecule has 2 heterocycles. The highest BCUT2D eigenvalue weighted by atomic mass is 16.5. The van der Waals surface area contributed by atoms with Crippen LogP contribution in [0.25, 0.3) is 22.8 Å². The van der Waals surface area contributed by atoms with E-state index in [-0.39, 0.29) is 5.56 Å². The number of hydrogen-bond donors (Lipinski definition) is 1. The van der Waals surface area contributed by atoms with Crippen LogP contribution in [0.4, 0.5) is 0 Å². The van der Waals surface area contributed by atoms with Crippen LogP contribution in [-0.2, 0) is 0 Å². The molecule has 1 aromatic carbocycles. The minimum absolute atomic E-state index is 0.188. The van der Waals surface area contributed by atoms with Gasteiger partial charge in [0.05, 0.1) is 14.2 Å². The fraction of sp³-hybridized carbons (Fsp3) is 0.133. The van der Waals surface area contributed by atoms with Gasteiger partial charge in [-0.05, 0) is 24.3 Å². The average Bonchev–Trinajstić information content (AvgIpc) is 3.05. The van der Waals surface area contributed by atoms with Crippen molar-refractivity contribution >= 4 is 0 Å². The molecule has 22 heavy (non-hydrogen) atoms. The van der Waals surface area contributed by atoms with Crippen molar-refractivity contribution in [2.75, 3.05) is 14.2 Å². The van der Waals surface area contributed by atoms with Crippen LogP contribution in [-0.4, -0.2) is 29.3 Å². The van der Waals surface area contributed by atoms with E-state index in [0.717, 1.165) is 0 Å². The van der Waals surface area contributed by atoms with Gasteiger partial charge in [0, 0.05) is 23.4 Å². The van der Waals surface area contributed by atoms with E-state index < -0.39 is 0 Å². The highest BCUT2D eigenvalue weighted by Gasteiger charge is 2.13. The second-order valence-electron chi connectivity index (χ2n) is 4.43. The molecule has 0 radical (unpaired) electrons. The van der Waals surface area contributed by atoms with E-state index in [4.69, 9.17) is 14.0 Å². The molecule has 0 amide bonds. The van der Waals surface area contributed by atoms with Crippen molar-refractivity contribution in [3.63, 3.8) is 0 Å². The monoisotopic (exact) mass is 299 g/mol. The molecule has 7 heteroatoms. The molecule has 0 atom stereocenters. The number of benzene rings is 1. The van der Waals surface area contributed by atoms with E-state index >= 15 is 0 Å². The Kier molecular flexibility index (Phi) is 3.61. The van der Waals surface area contributed by atoms with Crippen molar-refractivity contribution in [3.05, 3.63) is 46.9 Å². The number of methoxy groups -OCH3 is 2. The highest BCUT2D eigenvalue weighted by molar-refractivity contribution is 5.62. The van der Waals surface area contributed by atoms with Gasteiger partial charge in [0.25, 0.3) is 5.89 Å². The van der Waals surface area contributed by atoms with Crippen molar-refractivity contribution in [1.82, 2.24) is 15.1 Å². The minimum atomic E-state index is -0.188. The molecule has 0 aliphatic heterocycles. The molecule has 3 aromatic rings. The summed E-state index contributed by atoms with van der Waals surface area (Å²) in [7, 11) is 3.12. The maximum absolute atomic E-state index is 11.1. The summed E-state index contributed by atoms with van der Waals surface area (Å²) in [6, 6.07) is 8.34. The molecule has 1 N–H and O–H groups in total. The van der Waals surface area contributed by atoms with Crippen molar-refractivity contribution in [1.29, 1.82) is 0 Å². The second-order valence-corrected chi connectivity index (χ2v) is 4.43. The van der Waals surface area contributed by atoms with Crippen LogP contribution >= 0.6 is 0 Å². The highest BCUT2D eigenvalue weighted by Crippen LogP contribution is 2.32. The Bertz CT molecular complexity index is 833. The van der Waals surface area contributed by atoms with Crippen molar-refractivity contribution < 1.29 is 14.0 Å². The summed E-state index contributed by atoms with van der Waals surface area (Å²) in [6.07, 6.45) is 1.53. The lowest BCUT2D eigenvalue weighted by Crippen LogP contribution is -2.01. The summed E-state index contributed by atoms with van der Waals surface area (Å²) >= 11 is 0. The van der Waals surface area contributed by atoms with Gasteiger partial charge in [0.1, 0.15) is 0 Å². The molecule has 0 saturated carbocycles. The molecule has 2 aromatic heterocycles. The summed E-state index contributed by atoms with van der Waals surface area (Å²) in [5.74, 6) is 1.93. The van der Waals surface area contributed by atoms with E-state index in [1.807, 2.05) is 0 Å². The van der Waals surface area contributed by atoms with Gasteiger partial charge in [-0.3, -0.25) is 4.79 Å². The number of pyridine rings is 1. The standard InChI is InChI=1S/C15H13N3O4/c1-20-11-5-3-9(7-12(11)21-2)15-17-14(18-22-15)10-4-6-13(19)16-8-10/h3-8H,1-2H3,(H,16,19). The zero-order chi connectivity index (χ0) is 15.5. The third-order valence-corrected chi connectivity index (χ3v) is 3.10. The fourth-order valence-corrected chi connectivity index (χ4v) is 1.98. The largest absolute Gasteiger partial charge is 0.493 e. The Balaban J connectivity index is 1.97. The van der Waals surface area contributed by atoms with Gasteiger partial charge in [0.2, 0.25) is 11.4 Å². The summed E-state index contributed by atoms with van der Waals surface area (Å²) < 4.78 is 15.7. The van der Waals surface area contributed by atoms with Crippen molar-refractivity contribution in [2.45, 2.75) is 0 Å². The van der Waals surface area contributed by atoms with Crippen molar-refractivity contribution in [2.24, 2.45) is 0 Å². The maximum atomic E-state index is 11.1. The molecule has 112 valence electrons. The Morgan fingerprint density at radius 2 is 1.82 bits per heavy atom. The number of nitrogens with zero attached hydrogens (tertiary/aromatic N) is 2. The third-order valence-electron chi connectivity index (χ3n) is 3.10. The Hall–Kier alpha value is -3.09. The van der Waals surface area contributed by atoms with Gasteiger partial charge in [0.15, 0.2) is 11.5 Å². The van der Waals surface area contributed by atoms with E-state index in [0.29, 0.717) is 34.3 Å². The van der Waals surface area contributed by atoms with Crippen LogP contribution in [0.2, 0.25) is 0 Å². The fourth-order valence-electron chi connectivity index (χ4n) is 1.98. The van der Waals surface area contributed by atoms with Crippen LogP contribution in [0.1, 0.15) is 0 Å². The molecule has 0 aliphatic carbocycles. The second kappa shape index (κ2) is 5.72. The van der Waals surface area contributed by atoms with Gasteiger partial charge in [-0.1, -0.05) is 5.16 Å². The number of aromatic amines is 1. The Morgan fingerprint density at radius 1 is 1.05 bits per heavy atom. The minimum Gasteiger partial charge on any atom is -0.493 e. The van der Waals surface area contributed by atoms with Crippen molar-refractivity contribution in [3.8, 4) is 34.3 Å². The van der Waals surface area contributed by atoms with Gasteiger partial charge in [-0.25, -0.2) is 0 Å². The van der Waals surface area contributed by atoms with E-state index in [9.17, 15) is 4.79 Å². The zero-order valence-corrected chi connectivity index (χ0v) is 12.0. The first-order valence-corrected chi connectivity index (χ1v) is 6.46. The molecule has 0 spiro atoms. The molecule has 0 unspecified atom stereocenters. The van der Waals surface area contributed by atoms with Gasteiger partial charge in [-0.15, -0.1) is 0 Å². The smallest absolute Gasteiger partial charge is 0.258 e. The topological polar surface area (TPSA) is 90.2 Å². The van der Waals surface area contributed by atoms with Gasteiger partial charge in [-0.2, -0.15) is 4.98 Å². The summed E-state index contributed by atoms with van der Waals surface area (Å²) in [5.41, 5.74) is 1.18. The SMILES string of the molecule is COc1ccc(-c2nc(-c3ccc(=O)[nH]c3)no2)cc1OC. The first-order chi connectivity index (χ1) is 10.7. The van der Waals surface area contributed by atoms with Crippen LogP contribution < -0.4 is 15.0 Å². The lowest BCUT2D eigenvalue weighted by Gasteiger charge is -2.07. The molecule has 0 bridgehead atoms. The van der Waals surface area contributed by atoms with Crippen LogP contribution in [0.3, 0.4) is 0 Å². The maximum Gasteiger partial charge on any atom is 0.258 e. The van der Waals surface area contributed by atoms with Crippen LogP contribution in [0.15, 0.2) is 45.8 Å². The molecule has 0 fully saturated rings. The molecular formula is C15H13N3O4. The van der Waals surface area contributed by atoms with E-state index in [1.165, 1.54) is 12.3 Å². The summed E-state index contributed by atoms with van der Waals surface area (Å²) in [5, 5.41) is 3.91. The Morgan fingerprint density at radius 3 is 2.50 bits per heavy atom. The molecule has 3 rings (SSSR count). The average molecular weight is 299 g/mol. The number of ether oxygens (including phenoxy) is 2. The van der Waals surface area contributed by atoms with Gasteiger partial charge >= 0.3 is 0 Å². The number of rotatable bonds is 4. The first-order valence-electron chi connectivity index (χ1n) is 6.46. The van der Waals surface area contributed by atoms with E-state index in [1.54, 1.807) is 38.5 Å².